The van der Waals surface area contributed by atoms with E-state index in [1.54, 1.807) is 0 Å². The van der Waals surface area contributed by atoms with Gasteiger partial charge in [0.25, 0.3) is 0 Å². The van der Waals surface area contributed by atoms with Crippen molar-refractivity contribution >= 4 is 12.1 Å². The summed E-state index contributed by atoms with van der Waals surface area (Å²) < 4.78 is 17.1. The zero-order valence-corrected chi connectivity index (χ0v) is 16.7. The number of hydrogen-bond acceptors (Lipinski definition) is 6. The predicted molar refractivity (Wildman–Crippen MR) is 107 cm³/mol. The molecule has 8 heteroatoms. The first-order chi connectivity index (χ1) is 14.6. The predicted octanol–water partition coefficient (Wildman–Crippen LogP) is 2.40. The fraction of sp³-hybridized carbons (Fsp3) is 0.545. The van der Waals surface area contributed by atoms with Crippen molar-refractivity contribution in [3.05, 3.63) is 48.0 Å². The number of aliphatic carboxylic acids is 1. The summed E-state index contributed by atoms with van der Waals surface area (Å²) in [6.45, 7) is 0.796. The number of hydrazine groups is 1. The fourth-order valence-corrected chi connectivity index (χ4v) is 4.50. The third-order valence-corrected chi connectivity index (χ3v) is 5.99. The van der Waals surface area contributed by atoms with E-state index < -0.39 is 12.1 Å². The van der Waals surface area contributed by atoms with Crippen LogP contribution in [0.2, 0.25) is 0 Å². The molecule has 3 saturated heterocycles. The van der Waals surface area contributed by atoms with Crippen LogP contribution in [-0.2, 0) is 25.6 Å². The molecule has 4 rings (SSSR count). The monoisotopic (exact) mass is 416 g/mol. The third-order valence-electron chi connectivity index (χ3n) is 5.99. The molecule has 2 bridgehead atoms. The molecular formula is C22H28N2O6. The van der Waals surface area contributed by atoms with Gasteiger partial charge in [0.05, 0.1) is 12.2 Å². The first kappa shape index (κ1) is 20.8. The van der Waals surface area contributed by atoms with Crippen molar-refractivity contribution in [2.24, 2.45) is 11.8 Å². The summed E-state index contributed by atoms with van der Waals surface area (Å²) in [5.74, 6) is -0.219. The Kier molecular flexibility index (Phi) is 6.66. The largest absolute Gasteiger partial charge is 0.481 e. The molecule has 30 heavy (non-hydrogen) atoms. The van der Waals surface area contributed by atoms with Gasteiger partial charge in [-0.15, -0.1) is 0 Å². The van der Waals surface area contributed by atoms with Gasteiger partial charge in [0.15, 0.2) is 0 Å². The highest BCUT2D eigenvalue weighted by molar-refractivity contribution is 5.66. The van der Waals surface area contributed by atoms with E-state index >= 15 is 0 Å². The number of carbonyl (C=O) groups excluding carboxylic acids is 1. The van der Waals surface area contributed by atoms with Gasteiger partial charge in [-0.25, -0.2) is 10.2 Å². The van der Waals surface area contributed by atoms with Crippen LogP contribution in [0.4, 0.5) is 4.79 Å². The van der Waals surface area contributed by atoms with Gasteiger partial charge in [0.2, 0.25) is 0 Å². The van der Waals surface area contributed by atoms with Crippen LogP contribution in [0.1, 0.15) is 31.2 Å². The molecule has 162 valence electrons. The summed E-state index contributed by atoms with van der Waals surface area (Å²) in [5.41, 5.74) is 6.52. The third kappa shape index (κ3) is 5.00. The lowest BCUT2D eigenvalue weighted by Crippen LogP contribution is -2.45. The van der Waals surface area contributed by atoms with Crippen LogP contribution in [0.5, 0.6) is 0 Å². The van der Waals surface area contributed by atoms with Crippen molar-refractivity contribution < 1.29 is 28.9 Å². The minimum absolute atomic E-state index is 0.0556. The number of carbonyl (C=O) groups is 2. The number of rotatable bonds is 11. The lowest BCUT2D eigenvalue weighted by atomic mass is 9.77. The minimum atomic E-state index is -0.761. The second-order valence-electron chi connectivity index (χ2n) is 8.02. The number of hydrogen-bond donors (Lipinski definition) is 3. The first-order valence-electron chi connectivity index (χ1n) is 10.5. The maximum Gasteiger partial charge on any atom is 0.421 e. The van der Waals surface area contributed by atoms with Crippen molar-refractivity contribution in [1.82, 2.24) is 10.9 Å². The van der Waals surface area contributed by atoms with Crippen LogP contribution in [0.15, 0.2) is 42.5 Å². The average Bonchev–Trinajstić information content (AvgIpc) is 3.37. The molecule has 3 aliphatic rings. The minimum Gasteiger partial charge on any atom is -0.481 e. The van der Waals surface area contributed by atoms with Crippen LogP contribution in [0.3, 0.4) is 0 Å². The van der Waals surface area contributed by atoms with Crippen molar-refractivity contribution in [1.29, 1.82) is 0 Å². The van der Waals surface area contributed by atoms with E-state index in [1.165, 1.54) is 0 Å². The molecule has 0 aliphatic carbocycles. The Morgan fingerprint density at radius 2 is 1.77 bits per heavy atom. The number of carboxylic acid groups (broad SMARTS) is 1. The van der Waals surface area contributed by atoms with Crippen LogP contribution in [0.25, 0.3) is 0 Å². The Labute approximate surface area is 175 Å². The van der Waals surface area contributed by atoms with Crippen molar-refractivity contribution in [2.75, 3.05) is 6.54 Å². The number of epoxide rings is 1. The normalized spacial score (nSPS) is 30.9. The molecule has 3 N–H and O–H groups in total. The van der Waals surface area contributed by atoms with Crippen LogP contribution in [-0.4, -0.2) is 48.1 Å². The number of benzene rings is 1. The zero-order valence-electron chi connectivity index (χ0n) is 16.7. The molecule has 1 aromatic carbocycles. The van der Waals surface area contributed by atoms with E-state index in [9.17, 15) is 9.59 Å². The number of amides is 1. The second-order valence-corrected chi connectivity index (χ2v) is 8.02. The Morgan fingerprint density at radius 3 is 2.53 bits per heavy atom. The summed E-state index contributed by atoms with van der Waals surface area (Å²) in [4.78, 5) is 22.5. The Balaban J connectivity index is 1.19. The van der Waals surface area contributed by atoms with Gasteiger partial charge in [-0.2, -0.15) is 0 Å². The Morgan fingerprint density at radius 1 is 1.03 bits per heavy atom. The fourth-order valence-electron chi connectivity index (χ4n) is 4.50. The molecule has 1 aromatic rings. The summed E-state index contributed by atoms with van der Waals surface area (Å²) in [5, 5.41) is 8.70. The number of carboxylic acids is 1. The Bertz CT molecular complexity index is 770. The number of nitrogens with one attached hydrogen (secondary N) is 2. The number of fused-ring (bicyclic) bond motifs is 5. The van der Waals surface area contributed by atoms with Gasteiger partial charge in [-0.05, 0) is 30.7 Å². The maximum atomic E-state index is 11.9. The number of allylic oxidation sites excluding steroid dienone is 2. The van der Waals surface area contributed by atoms with Gasteiger partial charge in [-0.1, -0.05) is 42.5 Å². The van der Waals surface area contributed by atoms with E-state index in [0.29, 0.717) is 18.9 Å². The molecule has 0 aromatic heterocycles. The molecule has 3 fully saturated rings. The van der Waals surface area contributed by atoms with Crippen molar-refractivity contribution in [3.63, 3.8) is 0 Å². The van der Waals surface area contributed by atoms with Crippen molar-refractivity contribution in [3.8, 4) is 0 Å². The average molecular weight is 416 g/mol. The topological polar surface area (TPSA) is 109 Å². The lowest BCUT2D eigenvalue weighted by molar-refractivity contribution is -0.137. The molecule has 3 aliphatic heterocycles. The van der Waals surface area contributed by atoms with E-state index in [0.717, 1.165) is 18.4 Å². The highest BCUT2D eigenvalue weighted by atomic mass is 16.7. The summed E-state index contributed by atoms with van der Waals surface area (Å²) in [6.07, 6.45) is 6.64. The SMILES string of the molecule is O=C(O)CCCC=CC[C@H]1[C@@H](CNNC(=O)OCc2ccccc2)[C@@H]2O[C@H]1[C@@H]1O[C@@H]12. The molecule has 8 nitrogen and oxygen atoms in total. The molecule has 0 radical (unpaired) electrons. The molecule has 3 heterocycles. The van der Waals surface area contributed by atoms with Gasteiger partial charge >= 0.3 is 12.1 Å². The number of ether oxygens (including phenoxy) is 3. The van der Waals surface area contributed by atoms with E-state index in [-0.39, 0.29) is 43.4 Å². The van der Waals surface area contributed by atoms with Gasteiger partial charge in [0, 0.05) is 18.9 Å². The van der Waals surface area contributed by atoms with E-state index in [1.807, 2.05) is 36.4 Å². The standard InChI is InChI=1S/C22H28N2O6/c25-17(26)11-7-2-1-6-10-15-16(19-21-20(30-21)18(15)29-19)12-23-24-22(27)28-13-14-8-4-3-5-9-14/h1,3-6,8-9,15-16,18-21,23H,2,7,10-13H2,(H,24,27)(H,25,26)/t15-,16+,18+,19-,20-,21+/m0/s1. The van der Waals surface area contributed by atoms with Crippen LogP contribution < -0.4 is 10.9 Å². The lowest BCUT2D eigenvalue weighted by Gasteiger charge is -2.25. The van der Waals surface area contributed by atoms with E-state index in [2.05, 4.69) is 16.9 Å². The quantitative estimate of drug-likeness (QED) is 0.220. The highest BCUT2D eigenvalue weighted by Gasteiger charge is 2.68. The molecular weight excluding hydrogens is 388 g/mol. The van der Waals surface area contributed by atoms with Gasteiger partial charge in [0.1, 0.15) is 18.8 Å². The smallest absolute Gasteiger partial charge is 0.421 e. The number of unbranched alkanes of at least 4 members (excludes halogenated alkanes) is 1. The summed E-state index contributed by atoms with van der Waals surface area (Å²) >= 11 is 0. The zero-order chi connectivity index (χ0) is 20.9. The molecule has 0 spiro atoms. The molecule has 1 amide bonds. The highest BCUT2D eigenvalue weighted by Crippen LogP contribution is 2.54. The van der Waals surface area contributed by atoms with Crippen LogP contribution in [0, 0.1) is 11.8 Å². The second kappa shape index (κ2) is 9.59. The van der Waals surface area contributed by atoms with E-state index in [4.69, 9.17) is 19.3 Å². The van der Waals surface area contributed by atoms with Gasteiger partial charge < -0.3 is 19.3 Å². The van der Waals surface area contributed by atoms with Gasteiger partial charge in [-0.3, -0.25) is 10.2 Å². The first-order valence-corrected chi connectivity index (χ1v) is 10.5. The maximum absolute atomic E-state index is 11.9. The van der Waals surface area contributed by atoms with Crippen molar-refractivity contribution in [2.45, 2.75) is 56.7 Å². The molecule has 0 saturated carbocycles. The Hall–Kier alpha value is -2.42. The molecule has 0 unspecified atom stereocenters. The molecule has 6 atom stereocenters. The summed E-state index contributed by atoms with van der Waals surface area (Å²) in [6, 6.07) is 9.52. The summed E-state index contributed by atoms with van der Waals surface area (Å²) in [7, 11) is 0. The van der Waals surface area contributed by atoms with Crippen LogP contribution >= 0.6 is 0 Å².